The molecule has 1 nitrogen and oxygen atoms in total. The summed E-state index contributed by atoms with van der Waals surface area (Å²) >= 11 is 0. The van der Waals surface area contributed by atoms with E-state index in [1.54, 1.807) is 6.92 Å². The van der Waals surface area contributed by atoms with Crippen LogP contribution in [0.25, 0.3) is 0 Å². The Bertz CT molecular complexity index is 38.9. The van der Waals surface area contributed by atoms with Gasteiger partial charge in [-0.15, -0.1) is 0 Å². The molecule has 0 saturated carbocycles. The van der Waals surface area contributed by atoms with Gasteiger partial charge < -0.3 is 0 Å². The zero-order valence-corrected chi connectivity index (χ0v) is 3.49. The molecule has 0 N–H and O–H groups in total. The molecule has 0 aromatic rings. The fourth-order valence-corrected chi connectivity index (χ4v) is 0. The Hall–Kier alpha value is -0.460. The first-order valence-electron chi connectivity index (χ1n) is 1.57. The predicted octanol–water partition coefficient (Wildman–Crippen LogP) is 0.800. The minimum Gasteiger partial charge on any atom is -0.244 e. The van der Waals surface area contributed by atoms with Gasteiger partial charge in [-0.25, -0.2) is 4.79 Å². The fourth-order valence-electron chi connectivity index (χ4n) is 0. The van der Waals surface area contributed by atoms with Gasteiger partial charge in [0.15, 0.2) is 0 Å². The zero-order valence-electron chi connectivity index (χ0n) is 3.49. The molecule has 0 atom stereocenters. The quantitative estimate of drug-likeness (QED) is 0.418. The van der Waals surface area contributed by atoms with Crippen LogP contribution in [0.4, 0.5) is 0 Å². The molecule has 1 heteroatoms. The highest BCUT2D eigenvalue weighted by molar-refractivity contribution is 5.83. The predicted molar refractivity (Wildman–Crippen MR) is 20.7 cm³/mol. The van der Waals surface area contributed by atoms with Crippen LogP contribution in [0, 0.1) is 6.42 Å². The van der Waals surface area contributed by atoms with Crippen LogP contribution in [-0.4, -0.2) is 5.78 Å². The summed E-state index contributed by atoms with van der Waals surface area (Å²) in [4.78, 5) is 9.76. The average molecular weight is 71.1 g/mol. The molecule has 28 valence electrons. The van der Waals surface area contributed by atoms with Gasteiger partial charge in [-0.2, -0.15) is 0 Å². The third-order valence-electron chi connectivity index (χ3n) is 0.407. The highest BCUT2D eigenvalue weighted by atomic mass is 16.1. The van der Waals surface area contributed by atoms with Gasteiger partial charge in [0.05, 0.1) is 6.92 Å². The van der Waals surface area contributed by atoms with Crippen LogP contribution in [0.3, 0.4) is 0 Å². The molecule has 0 fully saturated rings. The topological polar surface area (TPSA) is 17.1 Å². The van der Waals surface area contributed by atoms with Gasteiger partial charge in [0.2, 0.25) is 0 Å². The maximum atomic E-state index is 9.76. The molecule has 0 aliphatic rings. The van der Waals surface area contributed by atoms with E-state index in [2.05, 4.69) is 0 Å². The number of hydrogen-bond donors (Lipinski definition) is 0. The first-order valence-corrected chi connectivity index (χ1v) is 1.57. The second-order valence-electron chi connectivity index (χ2n) is 0.899. The van der Waals surface area contributed by atoms with Gasteiger partial charge in [-0.05, 0) is 0 Å². The molecule has 0 aliphatic carbocycles. The Kier molecular flexibility index (Phi) is 1.65. The van der Waals surface area contributed by atoms with Crippen molar-refractivity contribution in [3.63, 3.8) is 0 Å². The van der Waals surface area contributed by atoms with E-state index < -0.39 is 0 Å². The van der Waals surface area contributed by atoms with Gasteiger partial charge >= 0.3 is 5.78 Å². The Balaban J connectivity index is 2.85. The van der Waals surface area contributed by atoms with E-state index in [1.165, 1.54) is 13.3 Å². The third kappa shape index (κ3) is 3.54. The maximum absolute atomic E-state index is 9.76. The molecule has 0 spiro atoms. The Morgan fingerprint density at radius 3 is 2.00 bits per heavy atom. The van der Waals surface area contributed by atoms with Crippen molar-refractivity contribution in [3.05, 3.63) is 6.42 Å². The lowest BCUT2D eigenvalue weighted by atomic mass is 10.4. The van der Waals surface area contributed by atoms with Gasteiger partial charge in [-0.1, -0.05) is 0 Å². The summed E-state index contributed by atoms with van der Waals surface area (Å²) in [6, 6.07) is 0. The van der Waals surface area contributed by atoms with E-state index in [4.69, 9.17) is 0 Å². The van der Waals surface area contributed by atoms with E-state index in [0.29, 0.717) is 0 Å². The van der Waals surface area contributed by atoms with Crippen molar-refractivity contribution in [2.24, 2.45) is 0 Å². The standard InChI is InChI=1S/C4H7O/c1-3-4(2)5/h3H,1-2H3/q+1. The summed E-state index contributed by atoms with van der Waals surface area (Å²) < 4.78 is 0. The molecule has 0 radical (unpaired) electrons. The van der Waals surface area contributed by atoms with Crippen LogP contribution < -0.4 is 0 Å². The molecule has 5 heavy (non-hydrogen) atoms. The van der Waals surface area contributed by atoms with Crippen molar-refractivity contribution in [2.75, 3.05) is 0 Å². The second kappa shape index (κ2) is 1.82. The molecule has 0 heterocycles. The number of carbonyl (C=O) groups is 1. The molecule has 0 saturated heterocycles. The van der Waals surface area contributed by atoms with Crippen LogP contribution in [-0.2, 0) is 4.79 Å². The SMILES string of the molecule is C[CH+]C(C)=O. The summed E-state index contributed by atoms with van der Waals surface area (Å²) in [6.07, 6.45) is 1.53. The van der Waals surface area contributed by atoms with Crippen molar-refractivity contribution in [3.8, 4) is 0 Å². The average Bonchev–Trinajstić information content (AvgIpc) is 1.38. The van der Waals surface area contributed by atoms with Crippen LogP contribution in [0.5, 0.6) is 0 Å². The monoisotopic (exact) mass is 71.0 g/mol. The normalized spacial score (nSPS) is 6.80. The van der Waals surface area contributed by atoms with Crippen molar-refractivity contribution in [1.29, 1.82) is 0 Å². The van der Waals surface area contributed by atoms with E-state index >= 15 is 0 Å². The number of rotatable bonds is 1. The molecule has 0 aromatic heterocycles. The minimum atomic E-state index is 0.130. The Labute approximate surface area is 32.0 Å². The molecule has 0 unspecified atom stereocenters. The Morgan fingerprint density at radius 2 is 2.00 bits per heavy atom. The second-order valence-corrected chi connectivity index (χ2v) is 0.899. The lowest BCUT2D eigenvalue weighted by molar-refractivity contribution is -0.113. The first-order chi connectivity index (χ1) is 2.27. The van der Waals surface area contributed by atoms with Crippen LogP contribution in [0.15, 0.2) is 0 Å². The van der Waals surface area contributed by atoms with E-state index in [1.807, 2.05) is 0 Å². The molecule has 0 bridgehead atoms. The lowest BCUT2D eigenvalue weighted by Crippen LogP contribution is -1.81. The number of ketones is 1. The number of Topliss-reactive ketones (excluding diaryl/α,β-unsaturated/α-hetero) is 1. The smallest absolute Gasteiger partial charge is 0.244 e. The summed E-state index contributed by atoms with van der Waals surface area (Å²) in [7, 11) is 0. The zero-order chi connectivity index (χ0) is 4.28. The van der Waals surface area contributed by atoms with Crippen molar-refractivity contribution >= 4 is 5.78 Å². The van der Waals surface area contributed by atoms with E-state index in [0.717, 1.165) is 0 Å². The molecule has 0 rings (SSSR count). The summed E-state index contributed by atoms with van der Waals surface area (Å²) in [6.45, 7) is 3.25. The van der Waals surface area contributed by atoms with Crippen LogP contribution in [0.2, 0.25) is 0 Å². The minimum absolute atomic E-state index is 0.130. The summed E-state index contributed by atoms with van der Waals surface area (Å²) in [5, 5.41) is 0. The van der Waals surface area contributed by atoms with Crippen molar-refractivity contribution in [2.45, 2.75) is 13.8 Å². The fraction of sp³-hybridized carbons (Fsp3) is 0.500. The van der Waals surface area contributed by atoms with Gasteiger partial charge in [-0.3, -0.25) is 0 Å². The lowest BCUT2D eigenvalue weighted by Gasteiger charge is -1.58. The van der Waals surface area contributed by atoms with Gasteiger partial charge in [0.1, 0.15) is 6.42 Å². The summed E-state index contributed by atoms with van der Waals surface area (Å²) in [5.41, 5.74) is 0. The molecule has 0 amide bonds. The largest absolute Gasteiger partial charge is 0.302 e. The number of hydrogen-bond acceptors (Lipinski definition) is 1. The van der Waals surface area contributed by atoms with Gasteiger partial charge in [0, 0.05) is 6.92 Å². The van der Waals surface area contributed by atoms with Crippen molar-refractivity contribution in [1.82, 2.24) is 0 Å². The Morgan fingerprint density at radius 1 is 1.80 bits per heavy atom. The van der Waals surface area contributed by atoms with Crippen molar-refractivity contribution < 1.29 is 4.79 Å². The first kappa shape index (κ1) is 4.54. The third-order valence-corrected chi connectivity index (χ3v) is 0.407. The number of carbonyl (C=O) groups excluding carboxylic acids is 1. The molecule has 0 aliphatic heterocycles. The molecular formula is C4H7O+. The van der Waals surface area contributed by atoms with Gasteiger partial charge in [0.25, 0.3) is 0 Å². The maximum Gasteiger partial charge on any atom is 0.302 e. The van der Waals surface area contributed by atoms with E-state index in [9.17, 15) is 4.79 Å². The van der Waals surface area contributed by atoms with Crippen LogP contribution in [0.1, 0.15) is 13.8 Å². The summed E-state index contributed by atoms with van der Waals surface area (Å²) in [5.74, 6) is 0.130. The molecule has 0 aromatic carbocycles. The highest BCUT2D eigenvalue weighted by Gasteiger charge is 1.90. The highest BCUT2D eigenvalue weighted by Crippen LogP contribution is 1.69. The van der Waals surface area contributed by atoms with E-state index in [-0.39, 0.29) is 5.78 Å². The molecular weight excluding hydrogens is 64.0 g/mol. The van der Waals surface area contributed by atoms with Crippen LogP contribution >= 0.6 is 0 Å².